The molecular weight excluding hydrogens is 346 g/mol. The maximum atomic E-state index is 12.7. The molecule has 0 N–H and O–H groups in total. The second kappa shape index (κ2) is 7.12. The summed E-state index contributed by atoms with van der Waals surface area (Å²) < 4.78 is 50.6. The van der Waals surface area contributed by atoms with Gasteiger partial charge < -0.3 is 0 Å². The predicted octanol–water partition coefficient (Wildman–Crippen LogP) is 3.29. The Kier molecular flexibility index (Phi) is 5.30. The van der Waals surface area contributed by atoms with Gasteiger partial charge in [0, 0.05) is 6.20 Å². The molecule has 7 heteroatoms. The predicted molar refractivity (Wildman–Crippen MR) is 92.4 cm³/mol. The van der Waals surface area contributed by atoms with Crippen LogP contribution in [-0.2, 0) is 19.7 Å². The minimum absolute atomic E-state index is 0.0111. The summed E-state index contributed by atoms with van der Waals surface area (Å²) in [5.41, 5.74) is 0. The van der Waals surface area contributed by atoms with Crippen LogP contribution in [0.2, 0.25) is 0 Å². The molecule has 0 aliphatic heterocycles. The van der Waals surface area contributed by atoms with Crippen LogP contribution in [0.1, 0.15) is 64.2 Å². The number of rotatable bonds is 4. The van der Waals surface area contributed by atoms with Gasteiger partial charge in [0.05, 0.1) is 15.4 Å². The first kappa shape index (κ1) is 17.9. The zero-order chi connectivity index (χ0) is 17.2. The average Bonchev–Trinajstić information content (AvgIpc) is 2.63. The van der Waals surface area contributed by atoms with Crippen molar-refractivity contribution in [2.24, 2.45) is 0 Å². The van der Waals surface area contributed by atoms with E-state index in [1.54, 1.807) is 0 Å². The van der Waals surface area contributed by atoms with Gasteiger partial charge in [-0.05, 0) is 37.8 Å². The topological polar surface area (TPSA) is 81.2 Å². The molecule has 134 valence electrons. The second-order valence-electron chi connectivity index (χ2n) is 6.94. The highest BCUT2D eigenvalue weighted by molar-refractivity contribution is 7.92. The van der Waals surface area contributed by atoms with Crippen LogP contribution in [0.4, 0.5) is 0 Å². The van der Waals surface area contributed by atoms with Gasteiger partial charge in [0.1, 0.15) is 0 Å². The molecule has 0 aromatic carbocycles. The Morgan fingerprint density at radius 3 is 1.67 bits per heavy atom. The lowest BCUT2D eigenvalue weighted by Gasteiger charge is -2.22. The van der Waals surface area contributed by atoms with Crippen LogP contribution in [0.3, 0.4) is 0 Å². The summed E-state index contributed by atoms with van der Waals surface area (Å²) in [4.78, 5) is 4.17. The Balaban J connectivity index is 1.82. The van der Waals surface area contributed by atoms with Crippen molar-refractivity contribution in [1.29, 1.82) is 0 Å². The van der Waals surface area contributed by atoms with Crippen LogP contribution >= 0.6 is 0 Å². The van der Waals surface area contributed by atoms with Gasteiger partial charge in [0.2, 0.25) is 0 Å². The lowest BCUT2D eigenvalue weighted by molar-refractivity contribution is 0.481. The molecule has 0 bridgehead atoms. The van der Waals surface area contributed by atoms with Crippen molar-refractivity contribution in [3.8, 4) is 0 Å². The highest BCUT2D eigenvalue weighted by Crippen LogP contribution is 2.30. The van der Waals surface area contributed by atoms with Crippen molar-refractivity contribution in [2.75, 3.05) is 0 Å². The summed E-state index contributed by atoms with van der Waals surface area (Å²) in [7, 11) is -6.86. The molecule has 2 aliphatic carbocycles. The number of hydrogen-bond acceptors (Lipinski definition) is 5. The number of nitrogens with zero attached hydrogens (tertiary/aromatic N) is 1. The Labute approximate surface area is 144 Å². The van der Waals surface area contributed by atoms with E-state index < -0.39 is 19.7 Å². The fraction of sp³-hybridized carbons (Fsp3) is 0.706. The Hall–Kier alpha value is -0.950. The van der Waals surface area contributed by atoms with E-state index in [1.807, 2.05) is 0 Å². The van der Waals surface area contributed by atoms with Crippen LogP contribution < -0.4 is 0 Å². The van der Waals surface area contributed by atoms with Crippen molar-refractivity contribution < 1.29 is 16.8 Å². The molecular formula is C17H25NO4S2. The van der Waals surface area contributed by atoms with E-state index in [2.05, 4.69) is 4.98 Å². The molecule has 5 nitrogen and oxygen atoms in total. The molecule has 2 saturated carbocycles. The van der Waals surface area contributed by atoms with E-state index >= 15 is 0 Å². The third-order valence-electron chi connectivity index (χ3n) is 5.31. The molecule has 0 spiro atoms. The van der Waals surface area contributed by atoms with Crippen molar-refractivity contribution in [3.05, 3.63) is 18.3 Å². The van der Waals surface area contributed by atoms with Crippen LogP contribution in [0.15, 0.2) is 28.3 Å². The summed E-state index contributed by atoms with van der Waals surface area (Å²) in [6.07, 6.45) is 9.85. The molecule has 0 radical (unpaired) electrons. The standard InChI is InChI=1S/C17H25NO4S2/c19-23(20,14-7-3-1-4-8-14)16-11-12-17(18-13-16)24(21,22)15-9-5-2-6-10-15/h11-15H,1-10H2. The number of aromatic nitrogens is 1. The minimum Gasteiger partial charge on any atom is -0.243 e. The molecule has 3 rings (SSSR count). The van der Waals surface area contributed by atoms with Crippen LogP contribution in [0.25, 0.3) is 0 Å². The highest BCUT2D eigenvalue weighted by Gasteiger charge is 2.32. The van der Waals surface area contributed by atoms with Gasteiger partial charge in [-0.25, -0.2) is 21.8 Å². The Bertz CT molecular complexity index is 690. The quantitative estimate of drug-likeness (QED) is 0.811. The van der Waals surface area contributed by atoms with E-state index in [0.717, 1.165) is 38.5 Å². The Morgan fingerprint density at radius 1 is 0.708 bits per heavy atom. The summed E-state index contributed by atoms with van der Waals surface area (Å²) >= 11 is 0. The monoisotopic (exact) mass is 371 g/mol. The normalized spacial score (nSPS) is 21.7. The van der Waals surface area contributed by atoms with Gasteiger partial charge in [0.15, 0.2) is 24.7 Å². The molecule has 0 unspecified atom stereocenters. The van der Waals surface area contributed by atoms with E-state index in [4.69, 9.17) is 0 Å². The summed E-state index contributed by atoms with van der Waals surface area (Å²) in [5, 5.41) is -0.717. The molecule has 24 heavy (non-hydrogen) atoms. The molecule has 2 fully saturated rings. The minimum atomic E-state index is -3.46. The van der Waals surface area contributed by atoms with Gasteiger partial charge in [-0.2, -0.15) is 0 Å². The van der Waals surface area contributed by atoms with E-state index in [0.29, 0.717) is 25.7 Å². The first-order chi connectivity index (χ1) is 11.4. The van der Waals surface area contributed by atoms with Crippen molar-refractivity contribution in [3.63, 3.8) is 0 Å². The van der Waals surface area contributed by atoms with Gasteiger partial charge in [-0.1, -0.05) is 38.5 Å². The number of hydrogen-bond donors (Lipinski definition) is 0. The lowest BCUT2D eigenvalue weighted by atomic mass is 10.0. The SMILES string of the molecule is O=S(=O)(c1ccc(S(=O)(=O)C2CCCCC2)nc1)C1CCCCC1. The maximum absolute atomic E-state index is 12.7. The number of sulfone groups is 2. The second-order valence-corrected chi connectivity index (χ2v) is 11.3. The van der Waals surface area contributed by atoms with E-state index in [-0.39, 0.29) is 20.4 Å². The number of pyridine rings is 1. The third-order valence-corrected chi connectivity index (χ3v) is 9.73. The Morgan fingerprint density at radius 2 is 1.21 bits per heavy atom. The molecule has 1 heterocycles. The molecule has 0 saturated heterocycles. The smallest absolute Gasteiger partial charge is 0.198 e. The molecule has 1 aromatic rings. The molecule has 1 aromatic heterocycles. The van der Waals surface area contributed by atoms with E-state index in [9.17, 15) is 16.8 Å². The average molecular weight is 372 g/mol. The van der Waals surface area contributed by atoms with Gasteiger partial charge in [0.25, 0.3) is 0 Å². The fourth-order valence-corrected chi connectivity index (χ4v) is 7.37. The van der Waals surface area contributed by atoms with Crippen LogP contribution in [-0.4, -0.2) is 32.3 Å². The van der Waals surface area contributed by atoms with E-state index in [1.165, 1.54) is 18.3 Å². The maximum Gasteiger partial charge on any atom is 0.198 e. The van der Waals surface area contributed by atoms with Gasteiger partial charge in [-0.15, -0.1) is 0 Å². The van der Waals surface area contributed by atoms with Crippen LogP contribution in [0.5, 0.6) is 0 Å². The van der Waals surface area contributed by atoms with Crippen molar-refractivity contribution in [2.45, 2.75) is 84.6 Å². The summed E-state index contributed by atoms with van der Waals surface area (Å²) in [6, 6.07) is 2.80. The van der Waals surface area contributed by atoms with Crippen molar-refractivity contribution in [1.82, 2.24) is 4.98 Å². The first-order valence-electron chi connectivity index (χ1n) is 8.86. The summed E-state index contributed by atoms with van der Waals surface area (Å²) in [5.74, 6) is 0. The first-order valence-corrected chi connectivity index (χ1v) is 12.0. The van der Waals surface area contributed by atoms with Crippen LogP contribution in [0, 0.1) is 0 Å². The van der Waals surface area contributed by atoms with Gasteiger partial charge in [-0.3, -0.25) is 0 Å². The fourth-order valence-electron chi connectivity index (χ4n) is 3.82. The zero-order valence-electron chi connectivity index (χ0n) is 13.9. The highest BCUT2D eigenvalue weighted by atomic mass is 32.2. The molecule has 0 amide bonds. The zero-order valence-corrected chi connectivity index (χ0v) is 15.5. The van der Waals surface area contributed by atoms with Crippen molar-refractivity contribution >= 4 is 19.7 Å². The summed E-state index contributed by atoms with van der Waals surface area (Å²) in [6.45, 7) is 0. The molecule has 0 atom stereocenters. The largest absolute Gasteiger partial charge is 0.243 e. The van der Waals surface area contributed by atoms with Gasteiger partial charge >= 0.3 is 0 Å². The third kappa shape index (κ3) is 3.52. The molecule has 2 aliphatic rings. The lowest BCUT2D eigenvalue weighted by Crippen LogP contribution is -2.26.